The Morgan fingerprint density at radius 3 is 2.72 bits per heavy atom. The van der Waals surface area contributed by atoms with Gasteiger partial charge >= 0.3 is 5.97 Å². The average molecular weight is 337 g/mol. The van der Waals surface area contributed by atoms with Gasteiger partial charge in [0.2, 0.25) is 19.5 Å². The second-order valence-corrected chi connectivity index (χ2v) is 5.49. The van der Waals surface area contributed by atoms with Gasteiger partial charge in [-0.2, -0.15) is 0 Å². The number of cyclic esters (lactones) is 1. The highest BCUT2D eigenvalue weighted by Crippen LogP contribution is 2.37. The third kappa shape index (κ3) is 2.28. The molecule has 0 fully saturated rings. The molecule has 0 radical (unpaired) electrons. The lowest BCUT2D eigenvalue weighted by Gasteiger charge is -2.01. The predicted molar refractivity (Wildman–Crippen MR) is 85.7 cm³/mol. The van der Waals surface area contributed by atoms with Crippen molar-refractivity contribution in [3.63, 3.8) is 0 Å². The van der Waals surface area contributed by atoms with Crippen molar-refractivity contribution in [2.24, 2.45) is 4.99 Å². The van der Waals surface area contributed by atoms with Crippen molar-refractivity contribution in [1.82, 2.24) is 0 Å². The summed E-state index contributed by atoms with van der Waals surface area (Å²) in [5, 5.41) is 0. The number of aliphatic imine (C=N–C) groups is 1. The minimum atomic E-state index is -0.524. The standard InChI is InChI=1S/C18H11NO6/c20-18-12(6-10-2-1-3-14-16(10)24-9-22-14)19-17(25-18)11-4-5-13-15(7-11)23-8-21-13/h1-7H,8-9H2/b12-6-. The van der Waals surface area contributed by atoms with Crippen LogP contribution in [0.25, 0.3) is 6.08 Å². The van der Waals surface area contributed by atoms with E-state index in [1.165, 1.54) is 0 Å². The van der Waals surface area contributed by atoms with Crippen molar-refractivity contribution in [2.75, 3.05) is 13.6 Å². The number of rotatable bonds is 2. The molecule has 3 aliphatic heterocycles. The van der Waals surface area contributed by atoms with E-state index in [1.807, 2.05) is 12.1 Å². The van der Waals surface area contributed by atoms with Crippen LogP contribution in [0.5, 0.6) is 23.0 Å². The summed E-state index contributed by atoms with van der Waals surface area (Å²) in [5.74, 6) is 2.18. The Morgan fingerprint density at radius 1 is 0.920 bits per heavy atom. The normalized spacial score (nSPS) is 18.5. The van der Waals surface area contributed by atoms with Gasteiger partial charge in [-0.1, -0.05) is 12.1 Å². The van der Waals surface area contributed by atoms with Gasteiger partial charge in [0.15, 0.2) is 28.7 Å². The number of para-hydroxylation sites is 1. The average Bonchev–Trinajstić information content (AvgIpc) is 3.34. The van der Waals surface area contributed by atoms with E-state index in [-0.39, 0.29) is 25.2 Å². The van der Waals surface area contributed by atoms with Crippen molar-refractivity contribution in [1.29, 1.82) is 0 Å². The lowest BCUT2D eigenvalue weighted by Crippen LogP contribution is -2.05. The van der Waals surface area contributed by atoms with E-state index < -0.39 is 5.97 Å². The van der Waals surface area contributed by atoms with E-state index in [0.29, 0.717) is 34.1 Å². The molecule has 7 nitrogen and oxygen atoms in total. The lowest BCUT2D eigenvalue weighted by molar-refractivity contribution is -0.129. The Balaban J connectivity index is 1.51. The zero-order valence-electron chi connectivity index (χ0n) is 12.9. The SMILES string of the molecule is O=C1OC(c2ccc3c(c2)OCO3)=N/C1=C\c1cccc2c1OCO2. The molecule has 0 aliphatic carbocycles. The maximum Gasteiger partial charge on any atom is 0.363 e. The van der Waals surface area contributed by atoms with Gasteiger partial charge in [-0.15, -0.1) is 0 Å². The molecule has 124 valence electrons. The van der Waals surface area contributed by atoms with Crippen LogP contribution in [0.3, 0.4) is 0 Å². The van der Waals surface area contributed by atoms with Gasteiger partial charge in [-0.05, 0) is 30.3 Å². The van der Waals surface area contributed by atoms with Gasteiger partial charge in [-0.3, -0.25) is 0 Å². The molecule has 25 heavy (non-hydrogen) atoms. The molecular weight excluding hydrogens is 326 g/mol. The summed E-state index contributed by atoms with van der Waals surface area (Å²) in [7, 11) is 0. The topological polar surface area (TPSA) is 75.6 Å². The highest BCUT2D eigenvalue weighted by Gasteiger charge is 2.27. The van der Waals surface area contributed by atoms with Gasteiger partial charge in [0, 0.05) is 11.1 Å². The number of carbonyl (C=O) groups is 1. The van der Waals surface area contributed by atoms with Crippen molar-refractivity contribution >= 4 is 17.9 Å². The molecule has 0 atom stereocenters. The van der Waals surface area contributed by atoms with E-state index >= 15 is 0 Å². The summed E-state index contributed by atoms with van der Waals surface area (Å²) in [4.78, 5) is 16.5. The maximum absolute atomic E-state index is 12.2. The molecule has 5 rings (SSSR count). The summed E-state index contributed by atoms with van der Waals surface area (Å²) >= 11 is 0. The molecule has 0 aromatic heterocycles. The molecule has 7 heteroatoms. The van der Waals surface area contributed by atoms with Gasteiger partial charge in [-0.25, -0.2) is 9.79 Å². The fourth-order valence-corrected chi connectivity index (χ4v) is 2.78. The zero-order valence-corrected chi connectivity index (χ0v) is 12.9. The maximum atomic E-state index is 12.2. The molecule has 3 heterocycles. The Bertz CT molecular complexity index is 962. The van der Waals surface area contributed by atoms with E-state index in [4.69, 9.17) is 23.7 Å². The van der Waals surface area contributed by atoms with Gasteiger partial charge in [0.25, 0.3) is 0 Å². The molecule has 0 saturated heterocycles. The molecule has 0 spiro atoms. The summed E-state index contributed by atoms with van der Waals surface area (Å²) in [6.07, 6.45) is 1.62. The number of ether oxygens (including phenoxy) is 5. The molecule has 0 unspecified atom stereocenters. The minimum absolute atomic E-state index is 0.158. The van der Waals surface area contributed by atoms with Crippen LogP contribution in [0, 0.1) is 0 Å². The van der Waals surface area contributed by atoms with Crippen LogP contribution in [-0.2, 0) is 9.53 Å². The monoisotopic (exact) mass is 337 g/mol. The van der Waals surface area contributed by atoms with Crippen LogP contribution in [0.2, 0.25) is 0 Å². The minimum Gasteiger partial charge on any atom is -0.454 e. The molecule has 0 saturated carbocycles. The summed E-state index contributed by atoms with van der Waals surface area (Å²) in [6.45, 7) is 0.336. The molecule has 0 amide bonds. The molecule has 2 aromatic rings. The Hall–Kier alpha value is -3.48. The number of benzene rings is 2. The van der Waals surface area contributed by atoms with Crippen LogP contribution in [0.1, 0.15) is 11.1 Å². The smallest absolute Gasteiger partial charge is 0.363 e. The zero-order chi connectivity index (χ0) is 16.8. The van der Waals surface area contributed by atoms with Gasteiger partial charge < -0.3 is 23.7 Å². The van der Waals surface area contributed by atoms with E-state index in [0.717, 1.165) is 0 Å². The van der Waals surface area contributed by atoms with Crippen molar-refractivity contribution in [3.8, 4) is 23.0 Å². The first-order chi connectivity index (χ1) is 12.3. The summed E-state index contributed by atoms with van der Waals surface area (Å²) in [5.41, 5.74) is 1.54. The first-order valence-electron chi connectivity index (χ1n) is 7.59. The number of fused-ring (bicyclic) bond motifs is 2. The third-order valence-corrected chi connectivity index (χ3v) is 3.96. The summed E-state index contributed by atoms with van der Waals surface area (Å²) < 4.78 is 26.7. The highest BCUT2D eigenvalue weighted by atomic mass is 16.7. The van der Waals surface area contributed by atoms with Crippen LogP contribution in [0.15, 0.2) is 47.1 Å². The van der Waals surface area contributed by atoms with Crippen LogP contribution in [-0.4, -0.2) is 25.5 Å². The number of hydrogen-bond acceptors (Lipinski definition) is 7. The number of esters is 1. The fourth-order valence-electron chi connectivity index (χ4n) is 2.78. The van der Waals surface area contributed by atoms with Crippen LogP contribution >= 0.6 is 0 Å². The largest absolute Gasteiger partial charge is 0.454 e. The first kappa shape index (κ1) is 13.9. The lowest BCUT2D eigenvalue weighted by atomic mass is 10.1. The number of hydrogen-bond donors (Lipinski definition) is 0. The molecule has 2 aromatic carbocycles. The Kier molecular flexibility index (Phi) is 2.93. The first-order valence-corrected chi connectivity index (χ1v) is 7.59. The molecule has 0 bridgehead atoms. The number of carbonyl (C=O) groups excluding carboxylic acids is 1. The molecule has 0 N–H and O–H groups in total. The molecule has 3 aliphatic rings. The van der Waals surface area contributed by atoms with Crippen LogP contribution in [0.4, 0.5) is 0 Å². The molecular formula is C18H11NO6. The Morgan fingerprint density at radius 2 is 1.76 bits per heavy atom. The van der Waals surface area contributed by atoms with Gasteiger partial charge in [0.1, 0.15) is 0 Å². The van der Waals surface area contributed by atoms with E-state index in [2.05, 4.69) is 4.99 Å². The second kappa shape index (κ2) is 5.27. The van der Waals surface area contributed by atoms with Crippen LogP contribution < -0.4 is 18.9 Å². The summed E-state index contributed by atoms with van der Waals surface area (Å²) in [6, 6.07) is 10.7. The predicted octanol–water partition coefficient (Wildman–Crippen LogP) is 2.49. The second-order valence-electron chi connectivity index (χ2n) is 5.49. The quantitative estimate of drug-likeness (QED) is 0.619. The number of nitrogens with zero attached hydrogens (tertiary/aromatic N) is 1. The van der Waals surface area contributed by atoms with Crippen molar-refractivity contribution < 1.29 is 28.5 Å². The van der Waals surface area contributed by atoms with Gasteiger partial charge in [0.05, 0.1) is 0 Å². The van der Waals surface area contributed by atoms with Crippen molar-refractivity contribution in [2.45, 2.75) is 0 Å². The van der Waals surface area contributed by atoms with E-state index in [9.17, 15) is 4.79 Å². The Labute approximate surface area is 142 Å². The third-order valence-electron chi connectivity index (χ3n) is 3.96. The van der Waals surface area contributed by atoms with E-state index in [1.54, 1.807) is 30.3 Å². The highest BCUT2D eigenvalue weighted by molar-refractivity contribution is 6.13. The fraction of sp³-hybridized carbons (Fsp3) is 0.111. The van der Waals surface area contributed by atoms with Crippen molar-refractivity contribution in [3.05, 3.63) is 53.2 Å².